The predicted molar refractivity (Wildman–Crippen MR) is 91.3 cm³/mol. The Bertz CT molecular complexity index is 798. The molecule has 0 amide bonds. The molecule has 0 saturated heterocycles. The minimum atomic E-state index is -0.243. The molecular weight excluding hydrogens is 305 g/mol. The summed E-state index contributed by atoms with van der Waals surface area (Å²) >= 11 is 0. The van der Waals surface area contributed by atoms with Gasteiger partial charge in [-0.05, 0) is 35.4 Å². The highest BCUT2D eigenvalue weighted by atomic mass is 19.1. The highest BCUT2D eigenvalue weighted by Crippen LogP contribution is 2.23. The quantitative estimate of drug-likeness (QED) is 0.754. The second-order valence-electron chi connectivity index (χ2n) is 5.66. The monoisotopic (exact) mass is 325 g/mol. The van der Waals surface area contributed by atoms with Crippen molar-refractivity contribution < 1.29 is 9.13 Å². The summed E-state index contributed by atoms with van der Waals surface area (Å²) in [7, 11) is 3.52. The lowest BCUT2D eigenvalue weighted by Crippen LogP contribution is -2.21. The smallest absolute Gasteiger partial charge is 0.123 e. The second kappa shape index (κ2) is 7.27. The molecule has 0 unspecified atom stereocenters. The largest absolute Gasteiger partial charge is 0.497 e. The molecule has 3 rings (SSSR count). The average molecular weight is 325 g/mol. The molecule has 0 fully saturated rings. The average Bonchev–Trinajstić information content (AvgIpc) is 3.02. The van der Waals surface area contributed by atoms with Crippen LogP contribution in [-0.4, -0.2) is 16.9 Å². The van der Waals surface area contributed by atoms with Crippen LogP contribution in [0, 0.1) is 5.82 Å². The van der Waals surface area contributed by atoms with Crippen LogP contribution in [0.2, 0.25) is 0 Å². The van der Waals surface area contributed by atoms with Crippen molar-refractivity contribution in [2.75, 3.05) is 7.11 Å². The van der Waals surface area contributed by atoms with Gasteiger partial charge >= 0.3 is 0 Å². The first-order valence-electron chi connectivity index (χ1n) is 7.76. The molecule has 1 N–H and O–H groups in total. The zero-order valence-electron chi connectivity index (χ0n) is 13.7. The molecule has 5 heteroatoms. The molecule has 0 saturated carbocycles. The molecule has 1 atom stereocenters. The fraction of sp³-hybridized carbons (Fsp3) is 0.211. The van der Waals surface area contributed by atoms with Crippen LogP contribution in [0.1, 0.15) is 22.7 Å². The van der Waals surface area contributed by atoms with Crippen molar-refractivity contribution in [3.63, 3.8) is 0 Å². The van der Waals surface area contributed by atoms with E-state index in [0.29, 0.717) is 6.54 Å². The molecule has 4 nitrogen and oxygen atoms in total. The number of aromatic nitrogens is 2. The Labute approximate surface area is 140 Å². The fourth-order valence-corrected chi connectivity index (χ4v) is 2.67. The zero-order chi connectivity index (χ0) is 16.9. The molecule has 2 aromatic carbocycles. The third kappa shape index (κ3) is 3.81. The van der Waals surface area contributed by atoms with E-state index in [2.05, 4.69) is 10.4 Å². The van der Waals surface area contributed by atoms with Crippen LogP contribution in [0.3, 0.4) is 0 Å². The number of hydrogen-bond donors (Lipinski definition) is 1. The van der Waals surface area contributed by atoms with Gasteiger partial charge in [-0.25, -0.2) is 4.39 Å². The van der Waals surface area contributed by atoms with Gasteiger partial charge in [0.2, 0.25) is 0 Å². The van der Waals surface area contributed by atoms with Gasteiger partial charge in [0.15, 0.2) is 0 Å². The number of benzene rings is 2. The van der Waals surface area contributed by atoms with Gasteiger partial charge in [0, 0.05) is 25.4 Å². The number of methoxy groups -OCH3 is 1. The van der Waals surface area contributed by atoms with E-state index in [1.54, 1.807) is 30.1 Å². The zero-order valence-corrected chi connectivity index (χ0v) is 13.7. The van der Waals surface area contributed by atoms with Crippen molar-refractivity contribution in [3.8, 4) is 5.75 Å². The maximum Gasteiger partial charge on any atom is 0.123 e. The normalized spacial score (nSPS) is 12.1. The molecule has 0 radical (unpaired) electrons. The minimum Gasteiger partial charge on any atom is -0.497 e. The second-order valence-corrected chi connectivity index (χ2v) is 5.66. The van der Waals surface area contributed by atoms with Crippen molar-refractivity contribution in [2.24, 2.45) is 7.05 Å². The van der Waals surface area contributed by atoms with E-state index in [0.717, 1.165) is 22.4 Å². The van der Waals surface area contributed by atoms with Crippen LogP contribution in [0.4, 0.5) is 4.39 Å². The van der Waals surface area contributed by atoms with Crippen molar-refractivity contribution >= 4 is 0 Å². The molecule has 0 aliphatic carbocycles. The third-order valence-corrected chi connectivity index (χ3v) is 3.91. The Morgan fingerprint density at radius 2 is 1.96 bits per heavy atom. The summed E-state index contributed by atoms with van der Waals surface area (Å²) in [5, 5.41) is 7.72. The van der Waals surface area contributed by atoms with Crippen LogP contribution >= 0.6 is 0 Å². The molecule has 0 aliphatic heterocycles. The summed E-state index contributed by atoms with van der Waals surface area (Å²) in [4.78, 5) is 0. The summed E-state index contributed by atoms with van der Waals surface area (Å²) in [6.07, 6.45) is 3.74. The summed E-state index contributed by atoms with van der Waals surface area (Å²) in [5.74, 6) is 0.584. The molecule has 0 aliphatic rings. The Morgan fingerprint density at radius 3 is 2.58 bits per heavy atom. The number of nitrogens with zero attached hydrogens (tertiary/aromatic N) is 2. The van der Waals surface area contributed by atoms with Gasteiger partial charge in [0.05, 0.1) is 19.3 Å². The summed E-state index contributed by atoms with van der Waals surface area (Å²) in [6.45, 7) is 0.653. The fourth-order valence-electron chi connectivity index (χ4n) is 2.67. The molecule has 24 heavy (non-hydrogen) atoms. The van der Waals surface area contributed by atoms with Gasteiger partial charge in [-0.15, -0.1) is 0 Å². The Kier molecular flexibility index (Phi) is 4.91. The van der Waals surface area contributed by atoms with E-state index in [1.807, 2.05) is 43.6 Å². The van der Waals surface area contributed by atoms with Crippen LogP contribution in [0.15, 0.2) is 60.9 Å². The third-order valence-electron chi connectivity index (χ3n) is 3.91. The molecule has 0 spiro atoms. The van der Waals surface area contributed by atoms with Crippen molar-refractivity contribution in [3.05, 3.63) is 83.4 Å². The van der Waals surface area contributed by atoms with Gasteiger partial charge in [0.1, 0.15) is 11.6 Å². The Hall–Kier alpha value is -2.66. The van der Waals surface area contributed by atoms with Crippen LogP contribution in [-0.2, 0) is 13.6 Å². The van der Waals surface area contributed by atoms with E-state index in [9.17, 15) is 4.39 Å². The van der Waals surface area contributed by atoms with E-state index in [4.69, 9.17) is 4.74 Å². The molecule has 1 heterocycles. The first kappa shape index (κ1) is 16.2. The van der Waals surface area contributed by atoms with E-state index in [-0.39, 0.29) is 11.9 Å². The molecular formula is C19H20FN3O. The maximum absolute atomic E-state index is 13.6. The van der Waals surface area contributed by atoms with Crippen molar-refractivity contribution in [1.82, 2.24) is 15.1 Å². The Morgan fingerprint density at radius 1 is 1.17 bits per heavy atom. The number of ether oxygens (including phenoxy) is 1. The predicted octanol–water partition coefficient (Wildman–Crippen LogP) is 3.45. The standard InChI is InChI=1S/C19H20FN3O/c1-23-13-16(12-22-23)19(15-4-3-5-17(20)10-15)21-11-14-6-8-18(24-2)9-7-14/h3-10,12-13,19,21H,11H2,1-2H3/t19-/m1/s1. The lowest BCUT2D eigenvalue weighted by molar-refractivity contribution is 0.414. The van der Waals surface area contributed by atoms with E-state index < -0.39 is 0 Å². The van der Waals surface area contributed by atoms with Gasteiger partial charge in [-0.2, -0.15) is 5.10 Å². The number of aryl methyl sites for hydroxylation is 1. The van der Waals surface area contributed by atoms with Crippen LogP contribution in [0.5, 0.6) is 5.75 Å². The van der Waals surface area contributed by atoms with Gasteiger partial charge in [0.25, 0.3) is 0 Å². The SMILES string of the molecule is COc1ccc(CN[C@H](c2cccc(F)c2)c2cnn(C)c2)cc1. The summed E-state index contributed by atoms with van der Waals surface area (Å²) < 4.78 is 20.6. The summed E-state index contributed by atoms with van der Waals surface area (Å²) in [6, 6.07) is 14.4. The highest BCUT2D eigenvalue weighted by molar-refractivity contribution is 5.31. The van der Waals surface area contributed by atoms with Crippen molar-refractivity contribution in [2.45, 2.75) is 12.6 Å². The highest BCUT2D eigenvalue weighted by Gasteiger charge is 2.16. The van der Waals surface area contributed by atoms with Gasteiger partial charge in [-0.1, -0.05) is 24.3 Å². The number of rotatable bonds is 6. The number of halogens is 1. The number of hydrogen-bond acceptors (Lipinski definition) is 3. The molecule has 0 bridgehead atoms. The minimum absolute atomic E-state index is 0.128. The number of nitrogens with one attached hydrogen (secondary N) is 1. The van der Waals surface area contributed by atoms with Crippen LogP contribution in [0.25, 0.3) is 0 Å². The van der Waals surface area contributed by atoms with Crippen LogP contribution < -0.4 is 10.1 Å². The van der Waals surface area contributed by atoms with Crippen molar-refractivity contribution in [1.29, 1.82) is 0 Å². The van der Waals surface area contributed by atoms with E-state index in [1.165, 1.54) is 6.07 Å². The maximum atomic E-state index is 13.6. The molecule has 1 aromatic heterocycles. The lowest BCUT2D eigenvalue weighted by Gasteiger charge is -2.18. The Balaban J connectivity index is 1.82. The molecule has 3 aromatic rings. The van der Waals surface area contributed by atoms with Gasteiger partial charge in [-0.3, -0.25) is 4.68 Å². The summed E-state index contributed by atoms with van der Waals surface area (Å²) in [5.41, 5.74) is 2.99. The molecule has 124 valence electrons. The first-order chi connectivity index (χ1) is 11.7. The first-order valence-corrected chi connectivity index (χ1v) is 7.76. The van der Waals surface area contributed by atoms with Gasteiger partial charge < -0.3 is 10.1 Å². The lowest BCUT2D eigenvalue weighted by atomic mass is 10.0. The topological polar surface area (TPSA) is 39.1 Å². The van der Waals surface area contributed by atoms with E-state index >= 15 is 0 Å².